The van der Waals surface area contributed by atoms with Gasteiger partial charge in [0, 0.05) is 13.1 Å². The summed E-state index contributed by atoms with van der Waals surface area (Å²) in [7, 11) is 0. The maximum atomic E-state index is 10.5. The van der Waals surface area contributed by atoms with Crippen LogP contribution in [0.15, 0.2) is 0 Å². The highest BCUT2D eigenvalue weighted by atomic mass is 16.3. The fourth-order valence-electron chi connectivity index (χ4n) is 3.26. The van der Waals surface area contributed by atoms with Gasteiger partial charge in [0.05, 0.1) is 5.60 Å². The average Bonchev–Trinajstić information content (AvgIpc) is 2.38. The van der Waals surface area contributed by atoms with Gasteiger partial charge in [0.15, 0.2) is 0 Å². The molecule has 0 aromatic heterocycles. The molecule has 1 heterocycles. The van der Waals surface area contributed by atoms with Crippen LogP contribution in [0.1, 0.15) is 86.0 Å². The molecule has 0 aromatic carbocycles. The molecule has 0 atom stereocenters. The molecule has 1 rings (SSSR count). The van der Waals surface area contributed by atoms with E-state index in [0.29, 0.717) is 11.3 Å². The van der Waals surface area contributed by atoms with Crippen molar-refractivity contribution in [3.05, 3.63) is 0 Å². The van der Waals surface area contributed by atoms with Gasteiger partial charge in [-0.3, -0.25) is 0 Å². The quantitative estimate of drug-likeness (QED) is 0.647. The predicted octanol–water partition coefficient (Wildman–Crippen LogP) is 4.86. The molecule has 1 saturated heterocycles. The zero-order chi connectivity index (χ0) is 15.9. The Bertz CT molecular complexity index is 272. The van der Waals surface area contributed by atoms with E-state index < -0.39 is 5.60 Å². The molecular formula is C19H39NO. The van der Waals surface area contributed by atoms with Crippen LogP contribution in [0.3, 0.4) is 0 Å². The van der Waals surface area contributed by atoms with Crippen LogP contribution in [-0.2, 0) is 0 Å². The van der Waals surface area contributed by atoms with Gasteiger partial charge in [-0.2, -0.15) is 0 Å². The van der Waals surface area contributed by atoms with E-state index in [-0.39, 0.29) is 0 Å². The lowest BCUT2D eigenvalue weighted by Crippen LogP contribution is -2.47. The monoisotopic (exact) mass is 297 g/mol. The van der Waals surface area contributed by atoms with E-state index in [4.69, 9.17) is 0 Å². The van der Waals surface area contributed by atoms with Gasteiger partial charge in [0.25, 0.3) is 0 Å². The van der Waals surface area contributed by atoms with E-state index >= 15 is 0 Å². The second-order valence-electron chi connectivity index (χ2n) is 8.68. The largest absolute Gasteiger partial charge is 0.390 e. The third-order valence-corrected chi connectivity index (χ3v) is 5.20. The molecule has 0 amide bonds. The summed E-state index contributed by atoms with van der Waals surface area (Å²) in [5.41, 5.74) is 0.102. The summed E-state index contributed by atoms with van der Waals surface area (Å²) in [6.07, 6.45) is 10.1. The van der Waals surface area contributed by atoms with E-state index in [9.17, 15) is 5.11 Å². The van der Waals surface area contributed by atoms with Gasteiger partial charge < -0.3 is 10.0 Å². The van der Waals surface area contributed by atoms with Crippen molar-refractivity contribution in [2.45, 2.75) is 91.6 Å². The van der Waals surface area contributed by atoms with Crippen LogP contribution < -0.4 is 0 Å². The summed E-state index contributed by atoms with van der Waals surface area (Å²) in [6, 6.07) is 0. The van der Waals surface area contributed by atoms with Crippen molar-refractivity contribution in [3.8, 4) is 0 Å². The normalized spacial score (nSPS) is 20.1. The first-order chi connectivity index (χ1) is 9.73. The van der Waals surface area contributed by atoms with Gasteiger partial charge in [-0.1, -0.05) is 60.3 Å². The maximum Gasteiger partial charge on any atom is 0.0694 e. The molecule has 0 radical (unpaired) electrons. The Balaban J connectivity index is 2.00. The standard InChI is InChI=1S/C19H39NO/c1-17(2)19(21)12-15-20(16-13-19)14-10-8-6-7-9-11-18(3,4)5/h17,21H,6-16H2,1-5H3. The van der Waals surface area contributed by atoms with Crippen LogP contribution in [0.25, 0.3) is 0 Å². The fraction of sp³-hybridized carbons (Fsp3) is 1.00. The number of nitrogens with zero attached hydrogens (tertiary/aromatic N) is 1. The van der Waals surface area contributed by atoms with E-state index in [2.05, 4.69) is 39.5 Å². The Morgan fingerprint density at radius 1 is 0.952 bits per heavy atom. The van der Waals surface area contributed by atoms with Crippen molar-refractivity contribution in [2.24, 2.45) is 11.3 Å². The Kier molecular flexibility index (Phi) is 7.70. The lowest BCUT2D eigenvalue weighted by atomic mass is 9.81. The van der Waals surface area contributed by atoms with Gasteiger partial charge in [0.2, 0.25) is 0 Å². The van der Waals surface area contributed by atoms with E-state index in [1.807, 2.05) is 0 Å². The fourth-order valence-corrected chi connectivity index (χ4v) is 3.26. The first-order valence-electron chi connectivity index (χ1n) is 9.18. The summed E-state index contributed by atoms with van der Waals surface area (Å²) < 4.78 is 0. The molecule has 0 unspecified atom stereocenters. The van der Waals surface area contributed by atoms with Crippen LogP contribution in [0.2, 0.25) is 0 Å². The lowest BCUT2D eigenvalue weighted by molar-refractivity contribution is -0.0565. The Morgan fingerprint density at radius 2 is 1.48 bits per heavy atom. The topological polar surface area (TPSA) is 23.5 Å². The smallest absolute Gasteiger partial charge is 0.0694 e. The molecule has 1 aliphatic heterocycles. The highest BCUT2D eigenvalue weighted by molar-refractivity contribution is 4.88. The first kappa shape index (κ1) is 19.0. The third kappa shape index (κ3) is 7.65. The van der Waals surface area contributed by atoms with E-state index in [1.165, 1.54) is 45.1 Å². The molecule has 2 heteroatoms. The molecule has 0 bridgehead atoms. The highest BCUT2D eigenvalue weighted by Crippen LogP contribution is 2.29. The minimum absolute atomic E-state index is 0.391. The molecule has 1 N–H and O–H groups in total. The summed E-state index contributed by atoms with van der Waals surface area (Å²) in [5, 5.41) is 10.5. The minimum atomic E-state index is -0.399. The molecule has 126 valence electrons. The molecule has 1 aliphatic rings. The van der Waals surface area contributed by atoms with Gasteiger partial charge >= 0.3 is 0 Å². The molecule has 0 saturated carbocycles. The third-order valence-electron chi connectivity index (χ3n) is 5.20. The number of unbranched alkanes of at least 4 members (excludes halogenated alkanes) is 4. The van der Waals surface area contributed by atoms with Crippen LogP contribution in [-0.4, -0.2) is 35.2 Å². The van der Waals surface area contributed by atoms with Gasteiger partial charge in [0.1, 0.15) is 0 Å². The number of likely N-dealkylation sites (tertiary alicyclic amines) is 1. The lowest BCUT2D eigenvalue weighted by Gasteiger charge is -2.40. The number of rotatable bonds is 8. The van der Waals surface area contributed by atoms with Gasteiger partial charge in [-0.15, -0.1) is 0 Å². The molecule has 0 aromatic rings. The molecule has 0 spiro atoms. The Morgan fingerprint density at radius 3 is 2.00 bits per heavy atom. The minimum Gasteiger partial charge on any atom is -0.390 e. The number of hydrogen-bond donors (Lipinski definition) is 1. The number of aliphatic hydroxyl groups is 1. The van der Waals surface area contributed by atoms with Gasteiger partial charge in [-0.05, 0) is 43.6 Å². The van der Waals surface area contributed by atoms with Crippen LogP contribution >= 0.6 is 0 Å². The average molecular weight is 298 g/mol. The molecule has 1 fully saturated rings. The summed E-state index contributed by atoms with van der Waals surface area (Å²) >= 11 is 0. The Labute approximate surface area is 133 Å². The zero-order valence-corrected chi connectivity index (χ0v) is 15.2. The number of piperidine rings is 1. The summed E-state index contributed by atoms with van der Waals surface area (Å²) in [4.78, 5) is 2.55. The van der Waals surface area contributed by atoms with Crippen molar-refractivity contribution < 1.29 is 5.11 Å². The highest BCUT2D eigenvalue weighted by Gasteiger charge is 2.34. The van der Waals surface area contributed by atoms with E-state index in [1.54, 1.807) is 0 Å². The van der Waals surface area contributed by atoms with Crippen LogP contribution in [0.5, 0.6) is 0 Å². The van der Waals surface area contributed by atoms with Crippen molar-refractivity contribution in [2.75, 3.05) is 19.6 Å². The SMILES string of the molecule is CC(C)C1(O)CCN(CCCCCCCC(C)(C)C)CC1. The first-order valence-corrected chi connectivity index (χ1v) is 9.18. The second kappa shape index (κ2) is 8.53. The van der Waals surface area contributed by atoms with Crippen molar-refractivity contribution in [1.82, 2.24) is 4.90 Å². The van der Waals surface area contributed by atoms with E-state index in [0.717, 1.165) is 25.9 Å². The molecule has 0 aliphatic carbocycles. The molecule has 2 nitrogen and oxygen atoms in total. The second-order valence-corrected chi connectivity index (χ2v) is 8.68. The van der Waals surface area contributed by atoms with Crippen molar-refractivity contribution in [3.63, 3.8) is 0 Å². The maximum absolute atomic E-state index is 10.5. The van der Waals surface area contributed by atoms with Crippen LogP contribution in [0.4, 0.5) is 0 Å². The predicted molar refractivity (Wildman–Crippen MR) is 92.6 cm³/mol. The Hall–Kier alpha value is -0.0800. The molecule has 21 heavy (non-hydrogen) atoms. The number of hydrogen-bond acceptors (Lipinski definition) is 2. The summed E-state index contributed by atoms with van der Waals surface area (Å²) in [6.45, 7) is 14.7. The van der Waals surface area contributed by atoms with Crippen molar-refractivity contribution in [1.29, 1.82) is 0 Å². The van der Waals surface area contributed by atoms with Crippen LogP contribution in [0, 0.1) is 11.3 Å². The summed E-state index contributed by atoms with van der Waals surface area (Å²) in [5.74, 6) is 0.391. The van der Waals surface area contributed by atoms with Crippen molar-refractivity contribution >= 4 is 0 Å². The zero-order valence-electron chi connectivity index (χ0n) is 15.2. The molecular weight excluding hydrogens is 258 g/mol. The van der Waals surface area contributed by atoms with Gasteiger partial charge in [-0.25, -0.2) is 0 Å².